The zero-order valence-corrected chi connectivity index (χ0v) is 14.2. The summed E-state index contributed by atoms with van der Waals surface area (Å²) in [5, 5.41) is 5.63. The van der Waals surface area contributed by atoms with Gasteiger partial charge in [-0.25, -0.2) is 4.79 Å². The number of thiophene rings is 1. The van der Waals surface area contributed by atoms with Crippen LogP contribution >= 0.6 is 11.3 Å². The zero-order chi connectivity index (χ0) is 15.5. The molecule has 0 radical (unpaired) electrons. The minimum Gasteiger partial charge on any atom is -0.444 e. The summed E-state index contributed by atoms with van der Waals surface area (Å²) >= 11 is 1.76. The van der Waals surface area contributed by atoms with E-state index in [4.69, 9.17) is 4.74 Å². The molecule has 2 heterocycles. The number of carbonyl (C=O) groups excluding carboxylic acids is 1. The highest BCUT2D eigenvalue weighted by molar-refractivity contribution is 7.10. The predicted octanol–water partition coefficient (Wildman–Crippen LogP) is 3.80. The number of amides is 1. The van der Waals surface area contributed by atoms with Gasteiger partial charge in [0.15, 0.2) is 0 Å². The van der Waals surface area contributed by atoms with Crippen LogP contribution in [0.15, 0.2) is 17.5 Å². The second-order valence-electron chi connectivity index (χ2n) is 6.62. The van der Waals surface area contributed by atoms with E-state index < -0.39 is 5.60 Å². The molecule has 1 aliphatic heterocycles. The number of nitrogens with zero attached hydrogens (tertiary/aromatic N) is 1. The number of nitrogens with one attached hydrogen (secondary N) is 1. The smallest absolute Gasteiger partial charge is 0.410 e. The van der Waals surface area contributed by atoms with E-state index in [0.29, 0.717) is 6.04 Å². The van der Waals surface area contributed by atoms with Gasteiger partial charge in [0, 0.05) is 30.1 Å². The fourth-order valence-corrected chi connectivity index (χ4v) is 3.32. The second kappa shape index (κ2) is 6.79. The van der Waals surface area contributed by atoms with E-state index in [9.17, 15) is 4.79 Å². The Bertz CT molecular complexity index is 453. The van der Waals surface area contributed by atoms with Crippen LogP contribution in [0.5, 0.6) is 0 Å². The summed E-state index contributed by atoms with van der Waals surface area (Å²) in [6.07, 6.45) is 1.91. The van der Waals surface area contributed by atoms with Gasteiger partial charge in [-0.15, -0.1) is 11.3 Å². The fraction of sp³-hybridized carbons (Fsp3) is 0.688. The minimum atomic E-state index is -0.429. The normalized spacial score (nSPS) is 20.6. The lowest BCUT2D eigenvalue weighted by atomic mass is 10.2. The van der Waals surface area contributed by atoms with E-state index in [0.717, 1.165) is 25.9 Å². The van der Waals surface area contributed by atoms with E-state index in [1.807, 2.05) is 25.7 Å². The molecule has 2 rings (SSSR count). The molecule has 0 aromatic carbocycles. The van der Waals surface area contributed by atoms with Crippen LogP contribution in [0, 0.1) is 0 Å². The maximum Gasteiger partial charge on any atom is 0.410 e. The third kappa shape index (κ3) is 4.71. The molecule has 1 saturated heterocycles. The van der Waals surface area contributed by atoms with Crippen molar-refractivity contribution >= 4 is 17.4 Å². The molecule has 1 aliphatic rings. The van der Waals surface area contributed by atoms with Gasteiger partial charge in [-0.1, -0.05) is 6.07 Å². The molecule has 1 amide bonds. The Balaban J connectivity index is 1.86. The van der Waals surface area contributed by atoms with Crippen molar-refractivity contribution in [3.8, 4) is 0 Å². The molecule has 1 aromatic heterocycles. The third-order valence-electron chi connectivity index (χ3n) is 3.63. The summed E-state index contributed by atoms with van der Waals surface area (Å²) in [6.45, 7) is 9.51. The van der Waals surface area contributed by atoms with Crippen molar-refractivity contribution in [2.24, 2.45) is 0 Å². The molecule has 1 aromatic rings. The van der Waals surface area contributed by atoms with Crippen LogP contribution in [-0.2, 0) is 4.74 Å². The molecule has 0 bridgehead atoms. The Kier molecular flexibility index (Phi) is 5.27. The molecule has 4 nitrogen and oxygen atoms in total. The van der Waals surface area contributed by atoms with Crippen LogP contribution in [0.2, 0.25) is 0 Å². The monoisotopic (exact) mass is 310 g/mol. The third-order valence-corrected chi connectivity index (χ3v) is 4.69. The van der Waals surface area contributed by atoms with Crippen molar-refractivity contribution in [3.63, 3.8) is 0 Å². The Hall–Kier alpha value is -1.07. The molecule has 0 aliphatic carbocycles. The van der Waals surface area contributed by atoms with Crippen LogP contribution in [-0.4, -0.2) is 35.7 Å². The summed E-state index contributed by atoms with van der Waals surface area (Å²) in [4.78, 5) is 15.4. The number of carbonyl (C=O) groups is 1. The lowest BCUT2D eigenvalue weighted by Gasteiger charge is -2.29. The van der Waals surface area contributed by atoms with Gasteiger partial charge < -0.3 is 15.0 Å². The van der Waals surface area contributed by atoms with Gasteiger partial charge in [-0.2, -0.15) is 0 Å². The molecule has 5 heteroatoms. The van der Waals surface area contributed by atoms with Crippen LogP contribution in [0.25, 0.3) is 0 Å². The average Bonchev–Trinajstić information content (AvgIpc) is 3.04. The quantitative estimate of drug-likeness (QED) is 0.919. The lowest BCUT2D eigenvalue weighted by Crippen LogP contribution is -2.44. The van der Waals surface area contributed by atoms with Crippen molar-refractivity contribution in [2.45, 2.75) is 58.2 Å². The number of hydrogen-bond acceptors (Lipinski definition) is 4. The number of rotatable bonds is 4. The van der Waals surface area contributed by atoms with Gasteiger partial charge >= 0.3 is 6.09 Å². The number of hydrogen-bond donors (Lipinski definition) is 1. The SMILES string of the molecule is C[C@@H](NC[C@@H]1CCCN1C(=O)OC(C)(C)C)c1cccs1. The first kappa shape index (κ1) is 16.3. The Morgan fingerprint density at radius 1 is 1.57 bits per heavy atom. The Labute approximate surface area is 131 Å². The van der Waals surface area contributed by atoms with E-state index >= 15 is 0 Å². The highest BCUT2D eigenvalue weighted by atomic mass is 32.1. The molecule has 21 heavy (non-hydrogen) atoms. The molecule has 0 spiro atoms. The van der Waals surface area contributed by atoms with Crippen molar-refractivity contribution in [2.75, 3.05) is 13.1 Å². The molecular formula is C16H26N2O2S. The molecule has 1 N–H and O–H groups in total. The standard InChI is InChI=1S/C16H26N2O2S/c1-12(14-8-6-10-21-14)17-11-13-7-5-9-18(13)15(19)20-16(2,3)4/h6,8,10,12-13,17H,5,7,9,11H2,1-4H3/t12-,13+/m1/s1. The maximum absolute atomic E-state index is 12.2. The van der Waals surface area contributed by atoms with Crippen molar-refractivity contribution in [1.82, 2.24) is 10.2 Å². The van der Waals surface area contributed by atoms with Crippen molar-refractivity contribution in [1.29, 1.82) is 0 Å². The average molecular weight is 310 g/mol. The number of ether oxygens (including phenoxy) is 1. The van der Waals surface area contributed by atoms with Gasteiger partial charge in [0.2, 0.25) is 0 Å². The summed E-state index contributed by atoms with van der Waals surface area (Å²) in [5.41, 5.74) is -0.429. The first-order valence-corrected chi connectivity index (χ1v) is 8.51. The molecule has 0 saturated carbocycles. The molecular weight excluding hydrogens is 284 g/mol. The molecule has 1 fully saturated rings. The van der Waals surface area contributed by atoms with Gasteiger partial charge in [-0.3, -0.25) is 0 Å². The van der Waals surface area contributed by atoms with Crippen LogP contribution in [0.3, 0.4) is 0 Å². The van der Waals surface area contributed by atoms with Gasteiger partial charge in [0.1, 0.15) is 5.60 Å². The summed E-state index contributed by atoms with van der Waals surface area (Å²) in [5.74, 6) is 0. The Morgan fingerprint density at radius 2 is 2.33 bits per heavy atom. The predicted molar refractivity (Wildman–Crippen MR) is 86.7 cm³/mol. The molecule has 0 unspecified atom stereocenters. The topological polar surface area (TPSA) is 41.6 Å². The summed E-state index contributed by atoms with van der Waals surface area (Å²) in [7, 11) is 0. The van der Waals surface area contributed by atoms with E-state index in [1.165, 1.54) is 4.88 Å². The van der Waals surface area contributed by atoms with Gasteiger partial charge in [0.25, 0.3) is 0 Å². The summed E-state index contributed by atoms with van der Waals surface area (Å²) in [6, 6.07) is 4.77. The highest BCUT2D eigenvalue weighted by Crippen LogP contribution is 2.22. The summed E-state index contributed by atoms with van der Waals surface area (Å²) < 4.78 is 5.49. The maximum atomic E-state index is 12.2. The zero-order valence-electron chi connectivity index (χ0n) is 13.4. The Morgan fingerprint density at radius 3 is 2.95 bits per heavy atom. The molecule has 2 atom stereocenters. The highest BCUT2D eigenvalue weighted by Gasteiger charge is 2.32. The molecule has 118 valence electrons. The van der Waals surface area contributed by atoms with Crippen molar-refractivity contribution < 1.29 is 9.53 Å². The number of likely N-dealkylation sites (tertiary alicyclic amines) is 1. The fourth-order valence-electron chi connectivity index (χ4n) is 2.56. The van der Waals surface area contributed by atoms with E-state index in [1.54, 1.807) is 11.3 Å². The first-order chi connectivity index (χ1) is 9.87. The lowest BCUT2D eigenvalue weighted by molar-refractivity contribution is 0.0225. The van der Waals surface area contributed by atoms with E-state index in [2.05, 4.69) is 29.8 Å². The van der Waals surface area contributed by atoms with Crippen molar-refractivity contribution in [3.05, 3.63) is 22.4 Å². The largest absolute Gasteiger partial charge is 0.444 e. The van der Waals surface area contributed by atoms with Crippen LogP contribution in [0.1, 0.15) is 51.5 Å². The minimum absolute atomic E-state index is 0.185. The van der Waals surface area contributed by atoms with E-state index in [-0.39, 0.29) is 12.1 Å². The van der Waals surface area contributed by atoms with Gasteiger partial charge in [-0.05, 0) is 52.0 Å². The first-order valence-electron chi connectivity index (χ1n) is 7.63. The second-order valence-corrected chi connectivity index (χ2v) is 7.59. The van der Waals surface area contributed by atoms with Gasteiger partial charge in [0.05, 0.1) is 0 Å². The van der Waals surface area contributed by atoms with Crippen LogP contribution in [0.4, 0.5) is 4.79 Å². The van der Waals surface area contributed by atoms with Crippen LogP contribution < -0.4 is 5.32 Å².